The van der Waals surface area contributed by atoms with E-state index in [0.29, 0.717) is 22.9 Å². The van der Waals surface area contributed by atoms with Crippen LogP contribution in [-0.4, -0.2) is 11.9 Å². The molecule has 0 heterocycles. The lowest BCUT2D eigenvalue weighted by molar-refractivity contribution is 0.0937. The van der Waals surface area contributed by atoms with Gasteiger partial charge in [0.15, 0.2) is 0 Å². The maximum absolute atomic E-state index is 11.9. The Morgan fingerprint density at radius 1 is 1.44 bits per heavy atom. The number of nitrogen functional groups attached to an aromatic ring is 2. The molecule has 0 saturated heterocycles. The van der Waals surface area contributed by atoms with E-state index in [1.807, 2.05) is 6.92 Å². The zero-order valence-electron chi connectivity index (χ0n) is 9.36. The molecule has 0 aromatic heterocycles. The molecule has 86 valence electrons. The molecule has 0 aliphatic heterocycles. The van der Waals surface area contributed by atoms with E-state index in [9.17, 15) is 4.79 Å². The Bertz CT molecular complexity index is 413. The van der Waals surface area contributed by atoms with Crippen molar-refractivity contribution in [1.29, 1.82) is 0 Å². The van der Waals surface area contributed by atoms with Gasteiger partial charge in [-0.05, 0) is 43.9 Å². The standard InChI is InChI=1S/C12H17N3O/c1-7(8-2-3-8)15-12(16)10-5-4-9(13)6-11(10)14/h4-8H,2-3,13-14H2,1H3,(H,15,16). The van der Waals surface area contributed by atoms with Crippen LogP contribution >= 0.6 is 0 Å². The first-order chi connectivity index (χ1) is 7.58. The lowest BCUT2D eigenvalue weighted by Crippen LogP contribution is -2.34. The van der Waals surface area contributed by atoms with E-state index in [2.05, 4.69) is 5.32 Å². The van der Waals surface area contributed by atoms with Crippen LogP contribution in [-0.2, 0) is 0 Å². The summed E-state index contributed by atoms with van der Waals surface area (Å²) in [7, 11) is 0. The molecular formula is C12H17N3O. The maximum Gasteiger partial charge on any atom is 0.253 e. The van der Waals surface area contributed by atoms with Crippen molar-refractivity contribution in [3.8, 4) is 0 Å². The van der Waals surface area contributed by atoms with E-state index in [-0.39, 0.29) is 11.9 Å². The molecular weight excluding hydrogens is 202 g/mol. The van der Waals surface area contributed by atoms with Gasteiger partial charge in [0.1, 0.15) is 0 Å². The van der Waals surface area contributed by atoms with Gasteiger partial charge in [0.2, 0.25) is 0 Å². The van der Waals surface area contributed by atoms with Crippen LogP contribution in [0.15, 0.2) is 18.2 Å². The molecule has 1 unspecified atom stereocenters. The van der Waals surface area contributed by atoms with Crippen LogP contribution in [0, 0.1) is 5.92 Å². The predicted molar refractivity (Wildman–Crippen MR) is 64.9 cm³/mol. The summed E-state index contributed by atoms with van der Waals surface area (Å²) in [5.74, 6) is 0.524. The molecule has 4 heteroatoms. The topological polar surface area (TPSA) is 81.1 Å². The van der Waals surface area contributed by atoms with Crippen LogP contribution in [0.2, 0.25) is 0 Å². The summed E-state index contributed by atoms with van der Waals surface area (Å²) in [6.07, 6.45) is 2.41. The van der Waals surface area contributed by atoms with E-state index in [0.717, 1.165) is 0 Å². The molecule has 1 amide bonds. The fourth-order valence-electron chi connectivity index (χ4n) is 1.79. The van der Waals surface area contributed by atoms with Gasteiger partial charge in [-0.1, -0.05) is 0 Å². The average molecular weight is 219 g/mol. The quantitative estimate of drug-likeness (QED) is 0.672. The fraction of sp³-hybridized carbons (Fsp3) is 0.417. The van der Waals surface area contributed by atoms with Gasteiger partial charge in [0.05, 0.1) is 5.56 Å². The number of benzene rings is 1. The largest absolute Gasteiger partial charge is 0.399 e. The minimum atomic E-state index is -0.114. The number of carbonyl (C=O) groups is 1. The van der Waals surface area contributed by atoms with Gasteiger partial charge in [0, 0.05) is 17.4 Å². The minimum Gasteiger partial charge on any atom is -0.399 e. The Kier molecular flexibility index (Phi) is 2.73. The smallest absolute Gasteiger partial charge is 0.253 e. The SMILES string of the molecule is CC(NC(=O)c1ccc(N)cc1N)C1CC1. The lowest BCUT2D eigenvalue weighted by Gasteiger charge is -2.13. The summed E-state index contributed by atoms with van der Waals surface area (Å²) < 4.78 is 0. The highest BCUT2D eigenvalue weighted by molar-refractivity contribution is 5.99. The van der Waals surface area contributed by atoms with Crippen LogP contribution in [0.5, 0.6) is 0 Å². The minimum absolute atomic E-state index is 0.114. The van der Waals surface area contributed by atoms with Crippen molar-refractivity contribution >= 4 is 17.3 Å². The van der Waals surface area contributed by atoms with E-state index < -0.39 is 0 Å². The Morgan fingerprint density at radius 3 is 2.69 bits per heavy atom. The van der Waals surface area contributed by atoms with E-state index in [4.69, 9.17) is 11.5 Å². The molecule has 0 radical (unpaired) electrons. The highest BCUT2D eigenvalue weighted by atomic mass is 16.1. The Labute approximate surface area is 95.0 Å². The second kappa shape index (κ2) is 4.04. The van der Waals surface area contributed by atoms with Crippen molar-refractivity contribution in [3.05, 3.63) is 23.8 Å². The first-order valence-corrected chi connectivity index (χ1v) is 5.54. The summed E-state index contributed by atoms with van der Waals surface area (Å²) in [4.78, 5) is 11.9. The number of nitrogens with one attached hydrogen (secondary N) is 1. The van der Waals surface area contributed by atoms with Crippen molar-refractivity contribution in [3.63, 3.8) is 0 Å². The van der Waals surface area contributed by atoms with Crippen LogP contribution in [0.1, 0.15) is 30.1 Å². The van der Waals surface area contributed by atoms with Gasteiger partial charge in [0.25, 0.3) is 5.91 Å². The summed E-state index contributed by atoms with van der Waals surface area (Å²) >= 11 is 0. The molecule has 5 N–H and O–H groups in total. The van der Waals surface area contributed by atoms with Crippen molar-refractivity contribution in [2.24, 2.45) is 5.92 Å². The number of carbonyl (C=O) groups excluding carboxylic acids is 1. The molecule has 1 aromatic rings. The molecule has 4 nitrogen and oxygen atoms in total. The molecule has 0 spiro atoms. The highest BCUT2D eigenvalue weighted by Gasteiger charge is 2.29. The van der Waals surface area contributed by atoms with Crippen molar-refractivity contribution < 1.29 is 4.79 Å². The number of hydrogen-bond donors (Lipinski definition) is 3. The molecule has 1 aromatic carbocycles. The molecule has 1 aliphatic carbocycles. The van der Waals surface area contributed by atoms with Gasteiger partial charge in [-0.25, -0.2) is 0 Å². The third-order valence-electron chi connectivity index (χ3n) is 3.01. The third-order valence-corrected chi connectivity index (χ3v) is 3.01. The summed E-state index contributed by atoms with van der Waals surface area (Å²) in [6.45, 7) is 2.03. The second-order valence-electron chi connectivity index (χ2n) is 4.45. The third kappa shape index (κ3) is 2.27. The Morgan fingerprint density at radius 2 is 2.12 bits per heavy atom. The van der Waals surface area contributed by atoms with E-state index >= 15 is 0 Å². The summed E-state index contributed by atoms with van der Waals surface area (Å²) in [5, 5.41) is 2.96. The number of amides is 1. The van der Waals surface area contributed by atoms with Crippen LogP contribution in [0.25, 0.3) is 0 Å². The van der Waals surface area contributed by atoms with Gasteiger partial charge in [-0.15, -0.1) is 0 Å². The molecule has 2 rings (SSSR count). The zero-order valence-corrected chi connectivity index (χ0v) is 9.36. The average Bonchev–Trinajstić information content (AvgIpc) is 2.99. The fourth-order valence-corrected chi connectivity index (χ4v) is 1.79. The van der Waals surface area contributed by atoms with E-state index in [1.54, 1.807) is 18.2 Å². The molecule has 0 bridgehead atoms. The molecule has 1 saturated carbocycles. The van der Waals surface area contributed by atoms with Crippen molar-refractivity contribution in [1.82, 2.24) is 5.32 Å². The van der Waals surface area contributed by atoms with Crippen LogP contribution < -0.4 is 16.8 Å². The monoisotopic (exact) mass is 219 g/mol. The highest BCUT2D eigenvalue weighted by Crippen LogP contribution is 2.32. The van der Waals surface area contributed by atoms with E-state index in [1.165, 1.54) is 12.8 Å². The van der Waals surface area contributed by atoms with Gasteiger partial charge >= 0.3 is 0 Å². The first-order valence-electron chi connectivity index (χ1n) is 5.54. The summed E-state index contributed by atoms with van der Waals surface area (Å²) in [6, 6.07) is 5.19. The Balaban J connectivity index is 2.07. The Hall–Kier alpha value is -1.71. The maximum atomic E-state index is 11.9. The van der Waals surface area contributed by atoms with Crippen LogP contribution in [0.3, 0.4) is 0 Å². The molecule has 1 fully saturated rings. The first kappa shape index (κ1) is 10.8. The second-order valence-corrected chi connectivity index (χ2v) is 4.45. The van der Waals surface area contributed by atoms with Crippen molar-refractivity contribution in [2.45, 2.75) is 25.8 Å². The predicted octanol–water partition coefficient (Wildman–Crippen LogP) is 1.38. The number of anilines is 2. The normalized spacial score (nSPS) is 16.8. The number of nitrogens with two attached hydrogens (primary N) is 2. The zero-order chi connectivity index (χ0) is 11.7. The van der Waals surface area contributed by atoms with Gasteiger partial charge in [-0.2, -0.15) is 0 Å². The molecule has 1 aliphatic rings. The number of hydrogen-bond acceptors (Lipinski definition) is 3. The lowest BCUT2D eigenvalue weighted by atomic mass is 10.1. The van der Waals surface area contributed by atoms with Gasteiger partial charge < -0.3 is 16.8 Å². The number of rotatable bonds is 3. The van der Waals surface area contributed by atoms with Crippen LogP contribution in [0.4, 0.5) is 11.4 Å². The van der Waals surface area contributed by atoms with Gasteiger partial charge in [-0.3, -0.25) is 4.79 Å². The molecule has 16 heavy (non-hydrogen) atoms. The molecule has 1 atom stereocenters. The summed E-state index contributed by atoms with van der Waals surface area (Å²) in [5.41, 5.74) is 12.8. The van der Waals surface area contributed by atoms with Crippen molar-refractivity contribution in [2.75, 3.05) is 11.5 Å².